The molecule has 0 amide bonds. The maximum absolute atomic E-state index is 7.50. The molecule has 0 aromatic heterocycles. The van der Waals surface area contributed by atoms with Crippen LogP contribution in [0.2, 0.25) is 0 Å². The summed E-state index contributed by atoms with van der Waals surface area (Å²) in [6, 6.07) is 58.0. The van der Waals surface area contributed by atoms with Gasteiger partial charge in [-0.25, -0.2) is 0 Å². The molecule has 0 heterocycles. The molecule has 0 saturated heterocycles. The monoisotopic (exact) mass is 1160 g/mol. The molecule has 1 aliphatic carbocycles. The standard InChI is InChI=1S/C74H86O8P2/c1-15-37-75-67-51-39-55-47-61(73(9,10)11)49-57(69(55)81-83(77-63-29-21-17-22-30-63)78-64-31-23-18-24-32-64)41-53-45-60(72(6,7)8)46-54(68(53)76-38-16-2)42-58-50-62(74(12,13)14)48-56(40-52(67)44-59(43-51)71(3,4)5)70(58)82-84(79-65-33-25-19-26-34-65)80-66-35-27-20-28-36-66/h17-36,43-50H,15-16,37-42H2,1-14H3. The molecule has 440 valence electrons. The Morgan fingerprint density at radius 1 is 0.286 bits per heavy atom. The van der Waals surface area contributed by atoms with Crippen molar-refractivity contribution in [2.45, 2.75) is 157 Å². The lowest BCUT2D eigenvalue weighted by molar-refractivity contribution is 0.311. The first kappa shape index (κ1) is 61.6. The fourth-order valence-electron chi connectivity index (χ4n) is 10.2. The fourth-order valence-corrected chi connectivity index (χ4v) is 12.3. The predicted molar refractivity (Wildman–Crippen MR) is 347 cm³/mol. The van der Waals surface area contributed by atoms with E-state index in [9.17, 15) is 0 Å². The summed E-state index contributed by atoms with van der Waals surface area (Å²) in [6.07, 6.45) is 3.56. The lowest BCUT2D eigenvalue weighted by Crippen LogP contribution is -2.18. The molecule has 10 heteroatoms. The highest BCUT2D eigenvalue weighted by Gasteiger charge is 2.33. The van der Waals surface area contributed by atoms with Gasteiger partial charge in [0, 0.05) is 25.7 Å². The van der Waals surface area contributed by atoms with Gasteiger partial charge in [-0.05, 0) is 150 Å². The molecule has 84 heavy (non-hydrogen) atoms. The quantitative estimate of drug-likeness (QED) is 0.0787. The van der Waals surface area contributed by atoms with E-state index in [2.05, 4.69) is 145 Å². The van der Waals surface area contributed by atoms with Crippen LogP contribution in [0.25, 0.3) is 0 Å². The van der Waals surface area contributed by atoms with Crippen LogP contribution in [0.15, 0.2) is 170 Å². The lowest BCUT2D eigenvalue weighted by atomic mass is 9.79. The minimum absolute atomic E-state index is 0.242. The van der Waals surface area contributed by atoms with Crippen LogP contribution < -0.4 is 36.6 Å². The van der Waals surface area contributed by atoms with Crippen molar-refractivity contribution in [1.82, 2.24) is 0 Å². The molecule has 0 unspecified atom stereocenters. The SMILES string of the molecule is CCCOc1c2cc(C(C)(C)C)cc1Cc1cc(C(C)(C)C)cc(c1OP(Oc1ccccc1)Oc1ccccc1)Cc1cc(C(C)(C)C)cc(c1OCCC)Cc1cc(C(C)(C)C)cc(c1OP(Oc1ccccc1)Oc1ccccc1)C2. The Morgan fingerprint density at radius 3 is 0.679 bits per heavy atom. The second-order valence-corrected chi connectivity index (χ2v) is 28.1. The third-order valence-electron chi connectivity index (χ3n) is 14.9. The zero-order valence-corrected chi connectivity index (χ0v) is 53.8. The molecule has 0 fully saturated rings. The van der Waals surface area contributed by atoms with E-state index in [0.29, 0.717) is 73.4 Å². The van der Waals surface area contributed by atoms with Gasteiger partial charge in [0.2, 0.25) is 0 Å². The number of para-hydroxylation sites is 4. The van der Waals surface area contributed by atoms with Gasteiger partial charge in [-0.15, -0.1) is 0 Å². The molecule has 0 saturated carbocycles. The zero-order chi connectivity index (χ0) is 59.8. The summed E-state index contributed by atoms with van der Waals surface area (Å²) in [5, 5.41) is 0. The van der Waals surface area contributed by atoms with Crippen LogP contribution in [0.4, 0.5) is 0 Å². The van der Waals surface area contributed by atoms with Gasteiger partial charge in [0.1, 0.15) is 46.0 Å². The Hall–Kier alpha value is -6.98. The van der Waals surface area contributed by atoms with Gasteiger partial charge >= 0.3 is 17.2 Å². The maximum Gasteiger partial charge on any atom is 0.530 e. The molecule has 8 bridgehead atoms. The number of ether oxygens (including phenoxy) is 2. The smallest absolute Gasteiger partial charge is 0.493 e. The molecule has 8 nitrogen and oxygen atoms in total. The van der Waals surface area contributed by atoms with E-state index < -0.39 is 17.2 Å². The second kappa shape index (κ2) is 26.5. The molecule has 0 atom stereocenters. The van der Waals surface area contributed by atoms with Gasteiger partial charge in [0.05, 0.1) is 13.2 Å². The van der Waals surface area contributed by atoms with Crippen LogP contribution in [0.1, 0.15) is 177 Å². The summed E-state index contributed by atoms with van der Waals surface area (Å²) in [6.45, 7) is 32.8. The van der Waals surface area contributed by atoms with E-state index in [0.717, 1.165) is 68.8 Å². The van der Waals surface area contributed by atoms with E-state index in [1.807, 2.05) is 121 Å². The maximum atomic E-state index is 7.50. The molecule has 8 aromatic rings. The summed E-state index contributed by atoms with van der Waals surface area (Å²) in [7, 11) is -4.17. The molecular weight excluding hydrogens is 1080 g/mol. The first-order valence-electron chi connectivity index (χ1n) is 29.8. The average Bonchev–Trinajstić information content (AvgIpc) is 2.99. The van der Waals surface area contributed by atoms with E-state index in [1.54, 1.807) is 0 Å². The summed E-state index contributed by atoms with van der Waals surface area (Å²) in [5.41, 5.74) is 12.0. The van der Waals surface area contributed by atoms with Crippen LogP contribution in [-0.4, -0.2) is 13.2 Å². The summed E-state index contributed by atoms with van der Waals surface area (Å²) in [4.78, 5) is 0. The summed E-state index contributed by atoms with van der Waals surface area (Å²) < 4.78 is 56.6. The molecule has 0 spiro atoms. The van der Waals surface area contributed by atoms with Gasteiger partial charge in [-0.3, -0.25) is 0 Å². The highest BCUT2D eigenvalue weighted by molar-refractivity contribution is 7.43. The van der Waals surface area contributed by atoms with E-state index >= 15 is 0 Å². The molecule has 9 rings (SSSR count). The number of benzene rings is 8. The van der Waals surface area contributed by atoms with Crippen molar-refractivity contribution in [3.63, 3.8) is 0 Å². The van der Waals surface area contributed by atoms with Gasteiger partial charge in [0.15, 0.2) is 0 Å². The molecule has 8 aromatic carbocycles. The van der Waals surface area contributed by atoms with Crippen molar-refractivity contribution in [3.8, 4) is 46.0 Å². The Morgan fingerprint density at radius 2 is 0.488 bits per heavy atom. The molecule has 0 radical (unpaired) electrons. The van der Waals surface area contributed by atoms with E-state index in [1.165, 1.54) is 22.3 Å². The number of rotatable bonds is 18. The Bertz CT molecular complexity index is 3050. The number of hydrogen-bond donors (Lipinski definition) is 0. The minimum Gasteiger partial charge on any atom is -0.493 e. The first-order valence-corrected chi connectivity index (χ1v) is 32.0. The third-order valence-corrected chi connectivity index (χ3v) is 17.0. The van der Waals surface area contributed by atoms with E-state index in [-0.39, 0.29) is 21.7 Å². The Balaban J connectivity index is 1.38. The molecule has 0 N–H and O–H groups in total. The Kier molecular flexibility index (Phi) is 19.4. The molecular formula is C74H86O8P2. The van der Waals surface area contributed by atoms with Crippen LogP contribution in [0, 0.1) is 0 Å². The van der Waals surface area contributed by atoms with Crippen molar-refractivity contribution in [3.05, 3.63) is 237 Å². The van der Waals surface area contributed by atoms with Crippen molar-refractivity contribution < 1.29 is 36.6 Å². The van der Waals surface area contributed by atoms with Gasteiger partial charge in [-0.1, -0.05) is 218 Å². The van der Waals surface area contributed by atoms with Gasteiger partial charge in [0.25, 0.3) is 0 Å². The first-order chi connectivity index (χ1) is 40.0. The minimum atomic E-state index is -2.09. The van der Waals surface area contributed by atoms with Crippen LogP contribution >= 0.6 is 17.2 Å². The second-order valence-electron chi connectivity index (χ2n) is 26.1. The van der Waals surface area contributed by atoms with Crippen molar-refractivity contribution in [2.75, 3.05) is 13.2 Å². The van der Waals surface area contributed by atoms with Gasteiger partial charge in [-0.2, -0.15) is 0 Å². The zero-order valence-electron chi connectivity index (χ0n) is 52.0. The topological polar surface area (TPSA) is 73.8 Å². The van der Waals surface area contributed by atoms with E-state index in [4.69, 9.17) is 36.6 Å². The summed E-state index contributed by atoms with van der Waals surface area (Å²) >= 11 is 0. The lowest BCUT2D eigenvalue weighted by Gasteiger charge is -2.30. The van der Waals surface area contributed by atoms with Crippen LogP contribution in [0.3, 0.4) is 0 Å². The predicted octanol–water partition coefficient (Wildman–Crippen LogP) is 20.7. The summed E-state index contributed by atoms with van der Waals surface area (Å²) in [5.74, 6) is 5.70. The van der Waals surface area contributed by atoms with Crippen LogP contribution in [0.5, 0.6) is 46.0 Å². The van der Waals surface area contributed by atoms with Crippen molar-refractivity contribution >= 4 is 17.2 Å². The van der Waals surface area contributed by atoms with Crippen LogP contribution in [-0.2, 0) is 47.3 Å². The molecule has 0 aliphatic heterocycles. The largest absolute Gasteiger partial charge is 0.530 e. The average molecular weight is 1170 g/mol. The van der Waals surface area contributed by atoms with Crippen molar-refractivity contribution in [2.24, 2.45) is 0 Å². The molecule has 1 aliphatic rings. The highest BCUT2D eigenvalue weighted by Crippen LogP contribution is 2.51. The third kappa shape index (κ3) is 15.9. The Labute approximate surface area is 504 Å². The fraction of sp³-hybridized carbons (Fsp3) is 0.351. The highest BCUT2D eigenvalue weighted by atomic mass is 31.2. The van der Waals surface area contributed by atoms with Gasteiger partial charge < -0.3 is 36.6 Å². The number of hydrogen-bond acceptors (Lipinski definition) is 8. The number of fused-ring (bicyclic) bond motifs is 8. The van der Waals surface area contributed by atoms with Crippen molar-refractivity contribution in [1.29, 1.82) is 0 Å². The normalized spacial score (nSPS) is 12.9.